The van der Waals surface area contributed by atoms with Gasteiger partial charge in [-0.05, 0) is 24.5 Å². The van der Waals surface area contributed by atoms with Crippen molar-refractivity contribution in [1.82, 2.24) is 14.6 Å². The molecule has 1 unspecified atom stereocenters. The fourth-order valence-corrected chi connectivity index (χ4v) is 3.63. The maximum atomic E-state index is 9.29. The van der Waals surface area contributed by atoms with Crippen LogP contribution < -0.4 is 4.74 Å². The summed E-state index contributed by atoms with van der Waals surface area (Å²) in [6.45, 7) is 0.107. The molecule has 0 N–H and O–H groups in total. The maximum Gasteiger partial charge on any atom is 0.268 e. The first-order valence-corrected chi connectivity index (χ1v) is 9.18. The van der Waals surface area contributed by atoms with E-state index in [1.54, 1.807) is 17.8 Å². The Morgan fingerprint density at radius 3 is 2.89 bits per heavy atom. The molecule has 0 spiro atoms. The normalized spacial score (nSPS) is 16.4. The molecule has 132 valence electrons. The predicted octanol–water partition coefficient (Wildman–Crippen LogP) is 3.57. The summed E-state index contributed by atoms with van der Waals surface area (Å²) >= 11 is 0. The van der Waals surface area contributed by atoms with Crippen molar-refractivity contribution in [3.05, 3.63) is 59.4 Å². The van der Waals surface area contributed by atoms with Gasteiger partial charge in [-0.2, -0.15) is 9.61 Å². The van der Waals surface area contributed by atoms with Gasteiger partial charge < -0.3 is 4.74 Å². The van der Waals surface area contributed by atoms with Crippen molar-refractivity contribution in [1.29, 1.82) is 5.26 Å². The Bertz CT molecular complexity index is 1060. The van der Waals surface area contributed by atoms with Gasteiger partial charge in [-0.15, -0.1) is 0 Å². The molecule has 1 atom stereocenters. The molecule has 5 nitrogen and oxygen atoms in total. The molecular weight excluding hydrogens is 335 g/mol. The van der Waals surface area contributed by atoms with Crippen LogP contribution in [0.2, 0.25) is 12.6 Å². The third-order valence-electron chi connectivity index (χ3n) is 5.06. The van der Waals surface area contributed by atoms with E-state index in [0.717, 1.165) is 42.3 Å². The van der Waals surface area contributed by atoms with Gasteiger partial charge in [0.25, 0.3) is 6.71 Å². The molecule has 0 aliphatic carbocycles. The standard InChI is InChI=1S/C21H19BN4O/c1-27-20-12-19(17-8-5-11-22(13-17)15-23)25-21-18(14-24-26(20)21)10-9-16-6-3-2-4-7-16/h2-4,6-7,12,14,17H,5,8,11,13H2,1H3. The topological polar surface area (TPSA) is 63.2 Å². The van der Waals surface area contributed by atoms with E-state index in [1.165, 1.54) is 0 Å². The summed E-state index contributed by atoms with van der Waals surface area (Å²) in [5.74, 6) is 9.67. The SMILES string of the molecule is COc1cc(C2CCCB(C#N)C2)nc2c(C#Cc3ccccc3)cnn12. The van der Waals surface area contributed by atoms with E-state index in [-0.39, 0.29) is 12.6 Å². The number of benzene rings is 1. The van der Waals surface area contributed by atoms with Crippen molar-refractivity contribution in [3.8, 4) is 23.7 Å². The van der Waals surface area contributed by atoms with Gasteiger partial charge in [0.1, 0.15) is 0 Å². The van der Waals surface area contributed by atoms with Crippen LogP contribution in [0, 0.1) is 23.1 Å². The van der Waals surface area contributed by atoms with Gasteiger partial charge in [0, 0.05) is 17.6 Å². The van der Waals surface area contributed by atoms with Gasteiger partial charge in [-0.25, -0.2) is 10.2 Å². The number of nitriles is 1. The number of rotatable bonds is 2. The minimum atomic E-state index is 0.107. The van der Waals surface area contributed by atoms with Crippen molar-refractivity contribution in [2.24, 2.45) is 0 Å². The smallest absolute Gasteiger partial charge is 0.268 e. The fourth-order valence-electron chi connectivity index (χ4n) is 3.63. The molecule has 6 heteroatoms. The first-order valence-electron chi connectivity index (χ1n) is 9.18. The van der Waals surface area contributed by atoms with Gasteiger partial charge in [-0.3, -0.25) is 0 Å². The van der Waals surface area contributed by atoms with E-state index in [4.69, 9.17) is 9.72 Å². The lowest BCUT2D eigenvalue weighted by molar-refractivity contribution is 0.383. The van der Waals surface area contributed by atoms with Crippen molar-refractivity contribution < 1.29 is 4.74 Å². The lowest BCUT2D eigenvalue weighted by Crippen LogP contribution is -2.21. The van der Waals surface area contributed by atoms with E-state index in [2.05, 4.69) is 22.9 Å². The molecule has 27 heavy (non-hydrogen) atoms. The Morgan fingerprint density at radius 2 is 2.11 bits per heavy atom. The Kier molecular flexibility index (Phi) is 4.81. The molecule has 1 aliphatic heterocycles. The van der Waals surface area contributed by atoms with Crippen LogP contribution in [0.5, 0.6) is 5.88 Å². The van der Waals surface area contributed by atoms with Gasteiger partial charge >= 0.3 is 0 Å². The Balaban J connectivity index is 1.75. The highest BCUT2D eigenvalue weighted by molar-refractivity contribution is 6.67. The van der Waals surface area contributed by atoms with Crippen LogP contribution in [-0.2, 0) is 0 Å². The summed E-state index contributed by atoms with van der Waals surface area (Å²) in [6.07, 6.45) is 5.65. The quantitative estimate of drug-likeness (QED) is 0.521. The van der Waals surface area contributed by atoms with Crippen LogP contribution in [0.25, 0.3) is 5.65 Å². The largest absolute Gasteiger partial charge is 0.481 e. The second kappa shape index (κ2) is 7.56. The summed E-state index contributed by atoms with van der Waals surface area (Å²) in [7, 11) is 1.63. The van der Waals surface area contributed by atoms with Crippen LogP contribution >= 0.6 is 0 Å². The van der Waals surface area contributed by atoms with E-state index < -0.39 is 0 Å². The molecule has 1 fully saturated rings. The maximum absolute atomic E-state index is 9.29. The van der Waals surface area contributed by atoms with Crippen molar-refractivity contribution in [2.75, 3.05) is 7.11 Å². The predicted molar refractivity (Wildman–Crippen MR) is 105 cm³/mol. The third kappa shape index (κ3) is 3.52. The lowest BCUT2D eigenvalue weighted by atomic mass is 9.41. The average Bonchev–Trinajstić information content (AvgIpc) is 3.15. The molecule has 1 aromatic carbocycles. The van der Waals surface area contributed by atoms with E-state index >= 15 is 0 Å². The van der Waals surface area contributed by atoms with Crippen molar-refractivity contribution >= 4 is 12.4 Å². The zero-order chi connectivity index (χ0) is 18.6. The second-order valence-electron chi connectivity index (χ2n) is 6.82. The highest BCUT2D eigenvalue weighted by atomic mass is 16.5. The monoisotopic (exact) mass is 354 g/mol. The first kappa shape index (κ1) is 17.2. The lowest BCUT2D eigenvalue weighted by Gasteiger charge is -2.23. The average molecular weight is 354 g/mol. The van der Waals surface area contributed by atoms with Gasteiger partial charge in [0.2, 0.25) is 5.88 Å². The zero-order valence-corrected chi connectivity index (χ0v) is 15.2. The summed E-state index contributed by atoms with van der Waals surface area (Å²) in [5, 5.41) is 13.7. The third-order valence-corrected chi connectivity index (χ3v) is 5.06. The second-order valence-corrected chi connectivity index (χ2v) is 6.82. The Hall–Kier alpha value is -3.25. The van der Waals surface area contributed by atoms with Crippen LogP contribution in [0.1, 0.15) is 35.6 Å². The molecule has 3 aromatic rings. The first-order chi connectivity index (χ1) is 13.3. The molecule has 0 amide bonds. The van der Waals surface area contributed by atoms with E-state index in [9.17, 15) is 5.26 Å². The molecule has 2 aromatic heterocycles. The highest BCUT2D eigenvalue weighted by Gasteiger charge is 2.28. The van der Waals surface area contributed by atoms with E-state index in [0.29, 0.717) is 11.5 Å². The summed E-state index contributed by atoms with van der Waals surface area (Å²) in [6, 6.07) is 11.8. The summed E-state index contributed by atoms with van der Waals surface area (Å²) < 4.78 is 7.22. The molecule has 3 heterocycles. The number of nitrogens with zero attached hydrogens (tertiary/aromatic N) is 4. The van der Waals surface area contributed by atoms with Gasteiger partial charge in [-0.1, -0.05) is 49.1 Å². The molecular formula is C21H19BN4O. The Labute approximate surface area is 159 Å². The molecule has 0 saturated carbocycles. The summed E-state index contributed by atoms with van der Waals surface area (Å²) in [4.78, 5) is 4.86. The molecule has 1 aliphatic rings. The van der Waals surface area contributed by atoms with Crippen LogP contribution in [0.15, 0.2) is 42.6 Å². The number of hydrogen-bond acceptors (Lipinski definition) is 4. The van der Waals surface area contributed by atoms with Gasteiger partial charge in [0.15, 0.2) is 5.65 Å². The van der Waals surface area contributed by atoms with Crippen LogP contribution in [0.3, 0.4) is 0 Å². The number of aromatic nitrogens is 3. The van der Waals surface area contributed by atoms with Gasteiger partial charge in [0.05, 0.1) is 24.6 Å². The number of fused-ring (bicyclic) bond motifs is 1. The molecule has 0 bridgehead atoms. The van der Waals surface area contributed by atoms with Crippen molar-refractivity contribution in [3.63, 3.8) is 0 Å². The molecule has 1 saturated heterocycles. The van der Waals surface area contributed by atoms with Crippen molar-refractivity contribution in [2.45, 2.75) is 31.4 Å². The minimum Gasteiger partial charge on any atom is -0.481 e. The number of methoxy groups -OCH3 is 1. The highest BCUT2D eigenvalue weighted by Crippen LogP contribution is 2.34. The van der Waals surface area contributed by atoms with Crippen LogP contribution in [0.4, 0.5) is 0 Å². The Morgan fingerprint density at radius 1 is 1.26 bits per heavy atom. The number of ether oxygens (including phenoxy) is 1. The molecule has 0 radical (unpaired) electrons. The molecule has 4 rings (SSSR count). The zero-order valence-electron chi connectivity index (χ0n) is 15.2. The minimum absolute atomic E-state index is 0.107. The van der Waals surface area contributed by atoms with Crippen LogP contribution in [-0.4, -0.2) is 28.4 Å². The summed E-state index contributed by atoms with van der Waals surface area (Å²) in [5.41, 5.74) is 3.38. The van der Waals surface area contributed by atoms with E-state index in [1.807, 2.05) is 36.4 Å². The fraction of sp³-hybridized carbons (Fsp3) is 0.286. The number of hydrogen-bond donors (Lipinski definition) is 0.